The van der Waals surface area contributed by atoms with E-state index in [1.165, 1.54) is 6.92 Å². The molecule has 4 heterocycles. The van der Waals surface area contributed by atoms with Gasteiger partial charge < -0.3 is 9.64 Å². The molecule has 4 rings (SSSR count). The van der Waals surface area contributed by atoms with E-state index < -0.39 is 36.4 Å². The van der Waals surface area contributed by atoms with E-state index >= 15 is 0 Å². The highest BCUT2D eigenvalue weighted by atomic mass is 32.1. The van der Waals surface area contributed by atoms with Crippen molar-refractivity contribution in [2.24, 2.45) is 0 Å². The minimum atomic E-state index is -4.51. The SMILES string of the molecule is CC(=O)OC1CCN(C(=O)c2sc3c(c2C)c(=O)n(CCc2ccncc2)c(=O)n3CCC(F)(F)F)CC1. The average molecular weight is 553 g/mol. The van der Waals surface area contributed by atoms with Gasteiger partial charge >= 0.3 is 17.8 Å². The van der Waals surface area contributed by atoms with Crippen molar-refractivity contribution in [2.75, 3.05) is 13.1 Å². The summed E-state index contributed by atoms with van der Waals surface area (Å²) in [5, 5.41) is 0.0738. The Bertz CT molecular complexity index is 1450. The molecule has 1 amide bonds. The van der Waals surface area contributed by atoms with Gasteiger partial charge in [-0.25, -0.2) is 4.79 Å². The van der Waals surface area contributed by atoms with E-state index in [0.717, 1.165) is 26.0 Å². The van der Waals surface area contributed by atoms with Crippen LogP contribution in [-0.2, 0) is 29.0 Å². The zero-order valence-electron chi connectivity index (χ0n) is 20.9. The van der Waals surface area contributed by atoms with Gasteiger partial charge in [0, 0.05) is 58.3 Å². The van der Waals surface area contributed by atoms with Gasteiger partial charge in [0.25, 0.3) is 11.5 Å². The fourth-order valence-electron chi connectivity index (χ4n) is 4.58. The molecule has 1 saturated heterocycles. The Kier molecular flexibility index (Phi) is 8.05. The van der Waals surface area contributed by atoms with Gasteiger partial charge in [-0.3, -0.25) is 28.5 Å². The summed E-state index contributed by atoms with van der Waals surface area (Å²) in [5.74, 6) is -0.769. The van der Waals surface area contributed by atoms with Crippen molar-refractivity contribution < 1.29 is 27.5 Å². The number of carbonyl (C=O) groups is 2. The summed E-state index contributed by atoms with van der Waals surface area (Å²) in [4.78, 5) is 57.1. The molecule has 0 radical (unpaired) electrons. The number of pyridine rings is 1. The van der Waals surface area contributed by atoms with Crippen molar-refractivity contribution in [1.29, 1.82) is 0 Å². The first-order chi connectivity index (χ1) is 18.0. The maximum absolute atomic E-state index is 13.5. The first-order valence-electron chi connectivity index (χ1n) is 12.1. The van der Waals surface area contributed by atoms with Crippen LogP contribution in [0.3, 0.4) is 0 Å². The lowest BCUT2D eigenvalue weighted by molar-refractivity contribution is -0.148. The zero-order chi connectivity index (χ0) is 27.6. The number of hydrogen-bond acceptors (Lipinski definition) is 7. The van der Waals surface area contributed by atoms with Gasteiger partial charge in [-0.15, -0.1) is 11.3 Å². The number of carbonyl (C=O) groups excluding carboxylic acids is 2. The largest absolute Gasteiger partial charge is 0.462 e. The number of ether oxygens (including phenoxy) is 1. The summed E-state index contributed by atoms with van der Waals surface area (Å²) >= 11 is 0.863. The molecule has 0 spiro atoms. The van der Waals surface area contributed by atoms with Crippen LogP contribution in [-0.4, -0.2) is 56.3 Å². The number of alkyl halides is 3. The second-order valence-electron chi connectivity index (χ2n) is 9.20. The first kappa shape index (κ1) is 27.6. The predicted molar refractivity (Wildman–Crippen MR) is 134 cm³/mol. The summed E-state index contributed by atoms with van der Waals surface area (Å²) < 4.78 is 46.4. The van der Waals surface area contributed by atoms with Gasteiger partial charge in [-0.2, -0.15) is 13.2 Å². The second-order valence-corrected chi connectivity index (χ2v) is 10.2. The van der Waals surface area contributed by atoms with Crippen molar-refractivity contribution >= 4 is 33.4 Å². The molecule has 0 N–H and O–H groups in total. The van der Waals surface area contributed by atoms with E-state index in [4.69, 9.17) is 4.74 Å². The van der Waals surface area contributed by atoms with Gasteiger partial charge in [-0.05, 0) is 36.6 Å². The highest BCUT2D eigenvalue weighted by Gasteiger charge is 2.31. The van der Waals surface area contributed by atoms with Crippen LogP contribution in [0.1, 0.15) is 47.0 Å². The quantitative estimate of drug-likeness (QED) is 0.417. The molecular formula is C25H27F3N4O5S. The smallest absolute Gasteiger partial charge is 0.390 e. The van der Waals surface area contributed by atoms with E-state index in [9.17, 15) is 32.3 Å². The number of aryl methyl sites for hydroxylation is 3. The third-order valence-corrected chi connectivity index (χ3v) is 7.85. The highest BCUT2D eigenvalue weighted by molar-refractivity contribution is 7.20. The molecule has 1 aliphatic rings. The number of fused-ring (bicyclic) bond motifs is 1. The normalized spacial score (nSPS) is 14.7. The minimum Gasteiger partial charge on any atom is -0.462 e. The molecule has 0 aliphatic carbocycles. The van der Waals surface area contributed by atoms with Crippen molar-refractivity contribution in [1.82, 2.24) is 19.0 Å². The van der Waals surface area contributed by atoms with Gasteiger partial charge in [0.15, 0.2) is 0 Å². The van der Waals surface area contributed by atoms with Crippen LogP contribution >= 0.6 is 11.3 Å². The molecule has 13 heteroatoms. The fraction of sp³-hybridized carbons (Fsp3) is 0.480. The fourth-order valence-corrected chi connectivity index (χ4v) is 5.86. The molecule has 0 unspecified atom stereocenters. The van der Waals surface area contributed by atoms with Crippen LogP contribution in [0.25, 0.3) is 10.2 Å². The number of aromatic nitrogens is 3. The van der Waals surface area contributed by atoms with E-state index in [1.54, 1.807) is 36.4 Å². The minimum absolute atomic E-state index is 0.0358. The van der Waals surface area contributed by atoms with Crippen LogP contribution in [0.4, 0.5) is 13.2 Å². The van der Waals surface area contributed by atoms with E-state index in [-0.39, 0.29) is 33.6 Å². The van der Waals surface area contributed by atoms with Crippen LogP contribution < -0.4 is 11.2 Å². The van der Waals surface area contributed by atoms with Crippen LogP contribution in [0, 0.1) is 6.92 Å². The summed E-state index contributed by atoms with van der Waals surface area (Å²) in [6.07, 6.45) is -1.72. The van der Waals surface area contributed by atoms with Gasteiger partial charge in [0.2, 0.25) is 0 Å². The summed E-state index contributed by atoms with van der Waals surface area (Å²) in [5.41, 5.74) is -0.337. The molecule has 204 valence electrons. The number of thiophene rings is 1. The number of amides is 1. The van der Waals surface area contributed by atoms with Gasteiger partial charge in [0.1, 0.15) is 10.9 Å². The maximum Gasteiger partial charge on any atom is 0.390 e. The number of piperidine rings is 1. The monoisotopic (exact) mass is 552 g/mol. The summed E-state index contributed by atoms with van der Waals surface area (Å²) in [6.45, 7) is 2.83. The Morgan fingerprint density at radius 3 is 2.37 bits per heavy atom. The Balaban J connectivity index is 1.72. The summed E-state index contributed by atoms with van der Waals surface area (Å²) in [6, 6.07) is 3.45. The number of halogens is 3. The Morgan fingerprint density at radius 2 is 1.76 bits per heavy atom. The number of likely N-dealkylation sites (tertiary alicyclic amines) is 1. The maximum atomic E-state index is 13.5. The zero-order valence-corrected chi connectivity index (χ0v) is 21.7. The Morgan fingerprint density at radius 1 is 1.11 bits per heavy atom. The van der Waals surface area contributed by atoms with Gasteiger partial charge in [0.05, 0.1) is 16.7 Å². The van der Waals surface area contributed by atoms with E-state index in [1.807, 2.05) is 0 Å². The van der Waals surface area contributed by atoms with E-state index in [2.05, 4.69) is 4.98 Å². The molecule has 1 aliphatic heterocycles. The third-order valence-electron chi connectivity index (χ3n) is 6.54. The van der Waals surface area contributed by atoms with E-state index in [0.29, 0.717) is 37.9 Å². The third kappa shape index (κ3) is 5.98. The lowest BCUT2D eigenvalue weighted by Crippen LogP contribution is -2.41. The summed E-state index contributed by atoms with van der Waals surface area (Å²) in [7, 11) is 0. The van der Waals surface area contributed by atoms with Gasteiger partial charge in [-0.1, -0.05) is 0 Å². The number of esters is 1. The molecule has 1 fully saturated rings. The number of hydrogen-bond donors (Lipinski definition) is 0. The predicted octanol–water partition coefficient (Wildman–Crippen LogP) is 3.29. The standard InChI is InChI=1S/C25H27F3N4O5S/c1-15-19-21(34)31(13-5-17-3-9-29-10-4-17)24(36)32(14-8-25(26,27)28)23(19)38-20(15)22(35)30-11-6-18(7-12-30)37-16(2)33/h3-4,9-10,18H,5-8,11-14H2,1-2H3. The van der Waals surface area contributed by atoms with Crippen molar-refractivity contribution in [3.8, 4) is 0 Å². The number of rotatable bonds is 7. The average Bonchev–Trinajstić information content (AvgIpc) is 3.20. The Labute approximate surface area is 219 Å². The molecule has 0 saturated carbocycles. The molecule has 3 aromatic heterocycles. The molecule has 0 atom stereocenters. The molecule has 9 nitrogen and oxygen atoms in total. The number of nitrogens with zero attached hydrogens (tertiary/aromatic N) is 4. The molecule has 0 aromatic carbocycles. The van der Waals surface area contributed by atoms with Crippen molar-refractivity contribution in [2.45, 2.75) is 64.9 Å². The first-order valence-corrected chi connectivity index (χ1v) is 13.0. The van der Waals surface area contributed by atoms with Crippen molar-refractivity contribution in [3.63, 3.8) is 0 Å². The molecule has 0 bridgehead atoms. The molecule has 38 heavy (non-hydrogen) atoms. The second kappa shape index (κ2) is 11.1. The topological polar surface area (TPSA) is 104 Å². The molecule has 3 aromatic rings. The van der Waals surface area contributed by atoms with Crippen LogP contribution in [0.2, 0.25) is 0 Å². The van der Waals surface area contributed by atoms with Crippen LogP contribution in [0.15, 0.2) is 34.1 Å². The Hall–Kier alpha value is -3.48. The lowest BCUT2D eigenvalue weighted by Gasteiger charge is -2.31. The van der Waals surface area contributed by atoms with Crippen LogP contribution in [0.5, 0.6) is 0 Å². The highest BCUT2D eigenvalue weighted by Crippen LogP contribution is 2.31. The lowest BCUT2D eigenvalue weighted by atomic mass is 10.1. The van der Waals surface area contributed by atoms with Crippen molar-refractivity contribution in [3.05, 3.63) is 61.4 Å². The molecular weight excluding hydrogens is 525 g/mol.